The SMILES string of the molecule is COC(=O)Cc1cccc2c1C(=O)CO2. The molecule has 0 atom stereocenters. The largest absolute Gasteiger partial charge is 0.485 e. The second-order valence-electron chi connectivity index (χ2n) is 3.26. The van der Waals surface area contributed by atoms with E-state index in [1.165, 1.54) is 7.11 Å². The maximum Gasteiger partial charge on any atom is 0.310 e. The van der Waals surface area contributed by atoms with Crippen molar-refractivity contribution in [2.75, 3.05) is 13.7 Å². The van der Waals surface area contributed by atoms with E-state index in [1.54, 1.807) is 18.2 Å². The molecule has 0 saturated carbocycles. The van der Waals surface area contributed by atoms with Crippen LogP contribution in [-0.2, 0) is 16.0 Å². The maximum absolute atomic E-state index is 11.5. The fourth-order valence-corrected chi connectivity index (χ4v) is 1.60. The molecule has 0 N–H and O–H groups in total. The smallest absolute Gasteiger partial charge is 0.310 e. The van der Waals surface area contributed by atoms with Crippen LogP contribution >= 0.6 is 0 Å². The Kier molecular flexibility index (Phi) is 2.41. The summed E-state index contributed by atoms with van der Waals surface area (Å²) in [5, 5.41) is 0. The molecule has 2 rings (SSSR count). The van der Waals surface area contributed by atoms with E-state index in [1.807, 2.05) is 0 Å². The number of carbonyl (C=O) groups excluding carboxylic acids is 2. The fraction of sp³-hybridized carbons (Fsp3) is 0.273. The molecule has 0 bridgehead atoms. The molecule has 78 valence electrons. The zero-order valence-corrected chi connectivity index (χ0v) is 8.28. The summed E-state index contributed by atoms with van der Waals surface area (Å²) < 4.78 is 9.72. The van der Waals surface area contributed by atoms with Crippen LogP contribution in [0, 0.1) is 0 Å². The van der Waals surface area contributed by atoms with Crippen LogP contribution in [0.4, 0.5) is 0 Å². The first-order valence-corrected chi connectivity index (χ1v) is 4.57. The average molecular weight is 206 g/mol. The minimum absolute atomic E-state index is 0.0630. The number of carbonyl (C=O) groups is 2. The Labute approximate surface area is 86.8 Å². The van der Waals surface area contributed by atoms with E-state index in [0.29, 0.717) is 16.9 Å². The molecule has 0 amide bonds. The van der Waals surface area contributed by atoms with Gasteiger partial charge < -0.3 is 9.47 Å². The molecular weight excluding hydrogens is 196 g/mol. The molecule has 0 fully saturated rings. The molecular formula is C11H10O4. The van der Waals surface area contributed by atoms with Crippen LogP contribution < -0.4 is 4.74 Å². The molecule has 1 aliphatic heterocycles. The van der Waals surface area contributed by atoms with Crippen LogP contribution in [0.1, 0.15) is 15.9 Å². The van der Waals surface area contributed by atoms with Crippen LogP contribution in [0.2, 0.25) is 0 Å². The fourth-order valence-electron chi connectivity index (χ4n) is 1.60. The van der Waals surface area contributed by atoms with E-state index >= 15 is 0 Å². The number of fused-ring (bicyclic) bond motifs is 1. The zero-order valence-electron chi connectivity index (χ0n) is 8.28. The van der Waals surface area contributed by atoms with E-state index < -0.39 is 0 Å². The normalized spacial score (nSPS) is 13.3. The first-order chi connectivity index (χ1) is 7.22. The molecule has 1 aromatic carbocycles. The van der Waals surface area contributed by atoms with Crippen LogP contribution in [0.5, 0.6) is 5.75 Å². The summed E-state index contributed by atoms with van der Waals surface area (Å²) in [5.41, 5.74) is 1.18. The number of methoxy groups -OCH3 is 1. The molecule has 4 nitrogen and oxygen atoms in total. The molecule has 0 saturated heterocycles. The van der Waals surface area contributed by atoms with Gasteiger partial charge in [0.1, 0.15) is 5.75 Å². The number of rotatable bonds is 2. The Bertz CT molecular complexity index is 423. The minimum Gasteiger partial charge on any atom is -0.485 e. The Balaban J connectivity index is 2.36. The molecule has 0 aliphatic carbocycles. The summed E-state index contributed by atoms with van der Waals surface area (Å²) in [6, 6.07) is 5.22. The lowest BCUT2D eigenvalue weighted by molar-refractivity contribution is -0.139. The predicted octanol–water partition coefficient (Wildman–Crippen LogP) is 0.977. The third-order valence-corrected chi connectivity index (χ3v) is 2.31. The summed E-state index contributed by atoms with van der Waals surface area (Å²) >= 11 is 0. The number of ether oxygens (including phenoxy) is 2. The summed E-state index contributed by atoms with van der Waals surface area (Å²) in [4.78, 5) is 22.6. The van der Waals surface area contributed by atoms with Gasteiger partial charge in [-0.05, 0) is 11.6 Å². The quantitative estimate of drug-likeness (QED) is 0.677. The van der Waals surface area contributed by atoms with Crippen LogP contribution in [0.3, 0.4) is 0 Å². The second kappa shape index (κ2) is 3.73. The lowest BCUT2D eigenvalue weighted by atomic mass is 10.0. The van der Waals surface area contributed by atoms with Gasteiger partial charge in [-0.2, -0.15) is 0 Å². The van der Waals surface area contributed by atoms with Crippen molar-refractivity contribution in [3.8, 4) is 5.75 Å². The molecule has 0 unspecified atom stereocenters. The van der Waals surface area contributed by atoms with Crippen LogP contribution in [0.15, 0.2) is 18.2 Å². The number of Topliss-reactive ketones (excluding diaryl/α,β-unsaturated/α-hetero) is 1. The Morgan fingerprint density at radius 1 is 1.53 bits per heavy atom. The van der Waals surface area contributed by atoms with Gasteiger partial charge in [-0.15, -0.1) is 0 Å². The van der Waals surface area contributed by atoms with Crippen molar-refractivity contribution in [1.82, 2.24) is 0 Å². The van der Waals surface area contributed by atoms with Gasteiger partial charge in [0.25, 0.3) is 0 Å². The van der Waals surface area contributed by atoms with Gasteiger partial charge in [-0.3, -0.25) is 9.59 Å². The summed E-state index contributed by atoms with van der Waals surface area (Å²) in [6.07, 6.45) is 0.106. The molecule has 15 heavy (non-hydrogen) atoms. The van der Waals surface area contributed by atoms with Crippen molar-refractivity contribution in [3.63, 3.8) is 0 Å². The third kappa shape index (κ3) is 1.70. The number of hydrogen-bond donors (Lipinski definition) is 0. The number of esters is 1. The molecule has 1 heterocycles. The van der Waals surface area contributed by atoms with Gasteiger partial charge in [-0.25, -0.2) is 0 Å². The first kappa shape index (κ1) is 9.71. The van der Waals surface area contributed by atoms with Crippen molar-refractivity contribution in [3.05, 3.63) is 29.3 Å². The van der Waals surface area contributed by atoms with E-state index in [9.17, 15) is 9.59 Å². The van der Waals surface area contributed by atoms with Gasteiger partial charge in [0, 0.05) is 0 Å². The van der Waals surface area contributed by atoms with Crippen LogP contribution in [0.25, 0.3) is 0 Å². The third-order valence-electron chi connectivity index (χ3n) is 2.31. The highest BCUT2D eigenvalue weighted by Gasteiger charge is 2.25. The topological polar surface area (TPSA) is 52.6 Å². The first-order valence-electron chi connectivity index (χ1n) is 4.57. The minimum atomic E-state index is -0.358. The Hall–Kier alpha value is -1.84. The molecule has 1 aromatic rings. The van der Waals surface area contributed by atoms with Gasteiger partial charge >= 0.3 is 5.97 Å². The van der Waals surface area contributed by atoms with E-state index in [4.69, 9.17) is 4.74 Å². The highest BCUT2D eigenvalue weighted by atomic mass is 16.5. The number of benzene rings is 1. The van der Waals surface area contributed by atoms with Gasteiger partial charge in [0.05, 0.1) is 19.1 Å². The predicted molar refractivity (Wildman–Crippen MR) is 52.0 cm³/mol. The van der Waals surface area contributed by atoms with E-state index in [0.717, 1.165) is 0 Å². The molecule has 0 spiro atoms. The highest BCUT2D eigenvalue weighted by Crippen LogP contribution is 2.28. The van der Waals surface area contributed by atoms with Crippen LogP contribution in [-0.4, -0.2) is 25.5 Å². The molecule has 0 radical (unpaired) electrons. The lowest BCUT2D eigenvalue weighted by Crippen LogP contribution is -2.08. The summed E-state index contributed by atoms with van der Waals surface area (Å²) in [5.74, 6) is 0.119. The second-order valence-corrected chi connectivity index (χ2v) is 3.26. The van der Waals surface area contributed by atoms with Gasteiger partial charge in [0.2, 0.25) is 5.78 Å². The lowest BCUT2D eigenvalue weighted by Gasteiger charge is -2.04. The van der Waals surface area contributed by atoms with E-state index in [-0.39, 0.29) is 24.8 Å². The Morgan fingerprint density at radius 3 is 3.07 bits per heavy atom. The average Bonchev–Trinajstić information content (AvgIpc) is 2.61. The highest BCUT2D eigenvalue weighted by molar-refractivity contribution is 6.04. The zero-order chi connectivity index (χ0) is 10.8. The summed E-state index contributed by atoms with van der Waals surface area (Å²) in [7, 11) is 1.32. The van der Waals surface area contributed by atoms with Crippen molar-refractivity contribution in [2.45, 2.75) is 6.42 Å². The molecule has 4 heteroatoms. The maximum atomic E-state index is 11.5. The monoisotopic (exact) mass is 206 g/mol. The number of ketones is 1. The van der Waals surface area contributed by atoms with Gasteiger partial charge in [-0.1, -0.05) is 12.1 Å². The van der Waals surface area contributed by atoms with Crippen molar-refractivity contribution in [1.29, 1.82) is 0 Å². The van der Waals surface area contributed by atoms with E-state index in [2.05, 4.69) is 4.74 Å². The van der Waals surface area contributed by atoms with Crippen molar-refractivity contribution in [2.24, 2.45) is 0 Å². The van der Waals surface area contributed by atoms with Crippen molar-refractivity contribution < 1.29 is 19.1 Å². The number of hydrogen-bond acceptors (Lipinski definition) is 4. The van der Waals surface area contributed by atoms with Crippen molar-refractivity contribution >= 4 is 11.8 Å². The standard InChI is InChI=1S/C11H10O4/c1-14-10(13)5-7-3-2-4-9-11(7)8(12)6-15-9/h2-4H,5-6H2,1H3. The van der Waals surface area contributed by atoms with Gasteiger partial charge in [0.15, 0.2) is 6.61 Å². The summed E-state index contributed by atoms with van der Waals surface area (Å²) in [6.45, 7) is 0.0630. The Morgan fingerprint density at radius 2 is 2.33 bits per heavy atom. The molecule has 1 aliphatic rings. The molecule has 0 aromatic heterocycles.